The second-order valence-corrected chi connectivity index (χ2v) is 10.1. The van der Waals surface area contributed by atoms with Gasteiger partial charge < -0.3 is 15.1 Å². The number of rotatable bonds is 5. The average Bonchev–Trinajstić information content (AvgIpc) is 3.46. The first-order valence-corrected chi connectivity index (χ1v) is 12.6. The van der Waals surface area contributed by atoms with E-state index in [-0.39, 0.29) is 23.6 Å². The number of aromatic nitrogens is 5. The first-order chi connectivity index (χ1) is 18.2. The summed E-state index contributed by atoms with van der Waals surface area (Å²) in [6.07, 6.45) is 0.353. The van der Waals surface area contributed by atoms with Crippen LogP contribution < -0.4 is 5.32 Å². The van der Waals surface area contributed by atoms with Crippen LogP contribution in [0, 0.1) is 12.7 Å². The van der Waals surface area contributed by atoms with Gasteiger partial charge in [0.15, 0.2) is 11.3 Å². The van der Waals surface area contributed by atoms with Gasteiger partial charge in [-0.3, -0.25) is 4.79 Å². The Kier molecular flexibility index (Phi) is 5.93. The normalized spacial score (nSPS) is 20.6. The fraction of sp³-hybridized carbons (Fsp3) is 0.423. The number of nitrogens with zero attached hydrogens (tertiary/aromatic N) is 7. The number of fused-ring (bicyclic) bond motifs is 5. The monoisotopic (exact) mass is 524 g/mol. The molecule has 2 bridgehead atoms. The molecule has 4 aromatic rings. The Morgan fingerprint density at radius 1 is 1.11 bits per heavy atom. The molecular formula is C26H27F3N8O. The van der Waals surface area contributed by atoms with Crippen molar-refractivity contribution in [2.75, 3.05) is 25.5 Å². The number of carbonyl (C=O) groups is 1. The molecule has 2 aliphatic rings. The lowest BCUT2D eigenvalue weighted by molar-refractivity contribution is 0.0474. The van der Waals surface area contributed by atoms with E-state index in [1.165, 1.54) is 23.0 Å². The van der Waals surface area contributed by atoms with Crippen molar-refractivity contribution < 1.29 is 18.0 Å². The van der Waals surface area contributed by atoms with Crippen molar-refractivity contribution in [3.05, 3.63) is 58.9 Å². The molecule has 3 aromatic heterocycles. The topological polar surface area (TPSA) is 91.5 Å². The van der Waals surface area contributed by atoms with Crippen LogP contribution in [0.1, 0.15) is 59.5 Å². The third kappa shape index (κ3) is 3.94. The van der Waals surface area contributed by atoms with Crippen LogP contribution in [0.25, 0.3) is 16.7 Å². The van der Waals surface area contributed by atoms with Gasteiger partial charge in [-0.05, 0) is 39.8 Å². The van der Waals surface area contributed by atoms with Crippen molar-refractivity contribution in [1.82, 2.24) is 34.4 Å². The summed E-state index contributed by atoms with van der Waals surface area (Å²) in [5, 5.41) is 7.98. The Balaban J connectivity index is 1.45. The number of hydrogen-bond donors (Lipinski definition) is 1. The van der Waals surface area contributed by atoms with Gasteiger partial charge in [-0.1, -0.05) is 18.2 Å². The number of anilines is 1. The molecule has 9 nitrogen and oxygen atoms in total. The summed E-state index contributed by atoms with van der Waals surface area (Å²) in [5.41, 5.74) is 0.636. The highest BCUT2D eigenvalue weighted by Crippen LogP contribution is 2.34. The molecule has 2 aliphatic heterocycles. The van der Waals surface area contributed by atoms with Crippen LogP contribution in [0.15, 0.2) is 30.6 Å². The molecule has 0 spiro atoms. The number of halogens is 3. The van der Waals surface area contributed by atoms with Gasteiger partial charge in [0.1, 0.15) is 23.8 Å². The second kappa shape index (κ2) is 9.19. The smallest absolute Gasteiger partial charge is 0.266 e. The lowest BCUT2D eigenvalue weighted by Crippen LogP contribution is -2.54. The van der Waals surface area contributed by atoms with Crippen molar-refractivity contribution in [2.24, 2.45) is 0 Å². The lowest BCUT2D eigenvalue weighted by Gasteiger charge is -2.39. The van der Waals surface area contributed by atoms with Crippen LogP contribution in [0.4, 0.5) is 19.0 Å². The van der Waals surface area contributed by atoms with Crippen molar-refractivity contribution in [2.45, 2.75) is 51.2 Å². The summed E-state index contributed by atoms with van der Waals surface area (Å²) in [7, 11) is 2.07. The van der Waals surface area contributed by atoms with Gasteiger partial charge in [-0.15, -0.1) is 0 Å². The van der Waals surface area contributed by atoms with Crippen molar-refractivity contribution in [3.8, 4) is 0 Å². The fourth-order valence-corrected chi connectivity index (χ4v) is 5.86. The fourth-order valence-electron chi connectivity index (χ4n) is 5.86. The van der Waals surface area contributed by atoms with E-state index < -0.39 is 23.8 Å². The molecule has 0 saturated carbocycles. The number of likely N-dealkylation sites (N-methyl/N-ethyl adjacent to an activating group) is 1. The minimum atomic E-state index is -2.93. The zero-order chi connectivity index (χ0) is 26.7. The highest BCUT2D eigenvalue weighted by molar-refractivity contribution is 6.05. The maximum absolute atomic E-state index is 14.9. The van der Waals surface area contributed by atoms with Crippen LogP contribution in [0.2, 0.25) is 0 Å². The Hall–Kier alpha value is -3.80. The molecule has 0 aliphatic carbocycles. The van der Waals surface area contributed by atoms with E-state index in [2.05, 4.69) is 37.3 Å². The first kappa shape index (κ1) is 24.5. The maximum Gasteiger partial charge on any atom is 0.266 e. The molecular weight excluding hydrogens is 497 g/mol. The van der Waals surface area contributed by atoms with Crippen LogP contribution in [-0.2, 0) is 0 Å². The number of likely N-dealkylation sites (tertiary alicyclic amines) is 1. The van der Waals surface area contributed by atoms with E-state index in [0.29, 0.717) is 33.9 Å². The molecule has 1 aromatic carbocycles. The van der Waals surface area contributed by atoms with Crippen molar-refractivity contribution in [3.63, 3.8) is 0 Å². The van der Waals surface area contributed by atoms with Gasteiger partial charge in [-0.2, -0.15) is 9.61 Å². The van der Waals surface area contributed by atoms with Crippen LogP contribution in [0.5, 0.6) is 0 Å². The Morgan fingerprint density at radius 2 is 1.82 bits per heavy atom. The van der Waals surface area contributed by atoms with E-state index >= 15 is 0 Å². The Morgan fingerprint density at radius 3 is 2.53 bits per heavy atom. The van der Waals surface area contributed by atoms with Crippen LogP contribution >= 0.6 is 0 Å². The molecule has 6 rings (SSSR count). The summed E-state index contributed by atoms with van der Waals surface area (Å²) in [4.78, 5) is 31.6. The summed E-state index contributed by atoms with van der Waals surface area (Å²) in [6.45, 7) is 5.00. The van der Waals surface area contributed by atoms with E-state index in [4.69, 9.17) is 0 Å². The number of hydrogen-bond acceptors (Lipinski definition) is 7. The second-order valence-electron chi connectivity index (χ2n) is 10.1. The Bertz CT molecular complexity index is 1540. The molecule has 3 atom stereocenters. The number of benzene rings is 1. The molecule has 12 heteroatoms. The summed E-state index contributed by atoms with van der Waals surface area (Å²) >= 11 is 0. The summed E-state index contributed by atoms with van der Waals surface area (Å²) in [5.74, 6) is -0.324. The molecule has 1 amide bonds. The lowest BCUT2D eigenvalue weighted by atomic mass is 10.0. The van der Waals surface area contributed by atoms with Gasteiger partial charge in [0.05, 0.1) is 22.6 Å². The van der Waals surface area contributed by atoms with Crippen molar-refractivity contribution >= 4 is 28.4 Å². The predicted molar refractivity (Wildman–Crippen MR) is 135 cm³/mol. The summed E-state index contributed by atoms with van der Waals surface area (Å²) < 4.78 is 43.0. The number of piperazine rings is 1. The molecule has 2 saturated heterocycles. The van der Waals surface area contributed by atoms with E-state index in [0.717, 1.165) is 32.0 Å². The standard InChI is InChI=1S/C26H27F3N8O/c1-13(17-5-4-6-18(21(17)27)22(28)29)32-23-19-9-20(24-30-12-31-37(24)25(19)34-14(2)33-23)26(38)36-15-7-8-16(36)11-35(3)10-15/h4-6,9,12-13,15-16,22H,7-8,10-11H2,1-3H3,(H,32,33,34)/t13-,15?,16?/m1/s1. The van der Waals surface area contributed by atoms with Gasteiger partial charge in [0.25, 0.3) is 12.3 Å². The molecule has 2 fully saturated rings. The zero-order valence-electron chi connectivity index (χ0n) is 21.2. The summed E-state index contributed by atoms with van der Waals surface area (Å²) in [6, 6.07) is 5.20. The van der Waals surface area contributed by atoms with Gasteiger partial charge in [-0.25, -0.2) is 28.1 Å². The maximum atomic E-state index is 14.9. The van der Waals surface area contributed by atoms with E-state index in [1.54, 1.807) is 19.9 Å². The number of amides is 1. The highest BCUT2D eigenvalue weighted by atomic mass is 19.3. The van der Waals surface area contributed by atoms with E-state index in [9.17, 15) is 18.0 Å². The average molecular weight is 525 g/mol. The van der Waals surface area contributed by atoms with Crippen LogP contribution in [-0.4, -0.2) is 72.5 Å². The van der Waals surface area contributed by atoms with Gasteiger partial charge >= 0.3 is 0 Å². The number of aryl methyl sites for hydroxylation is 1. The number of carbonyl (C=O) groups excluding carboxylic acids is 1. The minimum Gasteiger partial charge on any atom is -0.363 e. The van der Waals surface area contributed by atoms with Gasteiger partial charge in [0, 0.05) is 30.7 Å². The van der Waals surface area contributed by atoms with E-state index in [1.807, 2.05) is 4.90 Å². The quantitative estimate of drug-likeness (QED) is 0.419. The molecule has 5 heterocycles. The third-order valence-corrected chi connectivity index (χ3v) is 7.56. The number of pyridine rings is 1. The molecule has 1 N–H and O–H groups in total. The SMILES string of the molecule is Cc1nc(N[C@H](C)c2cccc(C(F)F)c2F)c2cc(C(=O)N3C4CCC3CN(C)C4)c3ncnn3c2n1. The predicted octanol–water partition coefficient (Wildman–Crippen LogP) is 4.15. The molecule has 38 heavy (non-hydrogen) atoms. The number of nitrogens with one attached hydrogen (secondary N) is 1. The first-order valence-electron chi connectivity index (χ1n) is 12.6. The third-order valence-electron chi connectivity index (χ3n) is 7.56. The number of alkyl halides is 2. The minimum absolute atomic E-state index is 0.0827. The van der Waals surface area contributed by atoms with Gasteiger partial charge in [0.2, 0.25) is 0 Å². The Labute approximate surface area is 216 Å². The zero-order valence-corrected chi connectivity index (χ0v) is 21.2. The highest BCUT2D eigenvalue weighted by Gasteiger charge is 2.42. The van der Waals surface area contributed by atoms with Crippen LogP contribution in [0.3, 0.4) is 0 Å². The molecule has 2 unspecified atom stereocenters. The molecule has 198 valence electrons. The molecule has 0 radical (unpaired) electrons. The largest absolute Gasteiger partial charge is 0.363 e. The van der Waals surface area contributed by atoms with Crippen molar-refractivity contribution in [1.29, 1.82) is 0 Å².